The fourth-order valence-corrected chi connectivity index (χ4v) is 3.83. The van der Waals surface area contributed by atoms with Gasteiger partial charge in [-0.3, -0.25) is 14.6 Å². The van der Waals surface area contributed by atoms with Gasteiger partial charge in [0.05, 0.1) is 17.4 Å². The van der Waals surface area contributed by atoms with Crippen LogP contribution in [0.4, 0.5) is 5.69 Å². The van der Waals surface area contributed by atoms with E-state index in [1.54, 1.807) is 54.8 Å². The van der Waals surface area contributed by atoms with Crippen LogP contribution in [0.15, 0.2) is 61.1 Å². The zero-order valence-corrected chi connectivity index (χ0v) is 17.5. The van der Waals surface area contributed by atoms with Crippen LogP contribution in [0.3, 0.4) is 0 Å². The molecule has 8 heteroatoms. The number of amides is 2. The number of benzene rings is 1. The van der Waals surface area contributed by atoms with Gasteiger partial charge in [0.1, 0.15) is 5.69 Å². The van der Waals surface area contributed by atoms with Gasteiger partial charge in [0.15, 0.2) is 0 Å². The molecule has 4 rings (SSSR count). The highest BCUT2D eigenvalue weighted by Gasteiger charge is 2.31. The molecule has 2 aromatic heterocycles. The predicted octanol–water partition coefficient (Wildman–Crippen LogP) is 2.48. The fourth-order valence-electron chi connectivity index (χ4n) is 3.83. The Morgan fingerprint density at radius 2 is 1.94 bits per heavy atom. The molecule has 1 unspecified atom stereocenters. The topological polar surface area (TPSA) is 112 Å². The van der Waals surface area contributed by atoms with Crippen molar-refractivity contribution in [2.45, 2.75) is 19.4 Å². The molecule has 0 aliphatic carbocycles. The van der Waals surface area contributed by atoms with E-state index in [0.29, 0.717) is 30.8 Å². The molecule has 3 aromatic rings. The van der Waals surface area contributed by atoms with Gasteiger partial charge in [0.2, 0.25) is 5.91 Å². The number of rotatable bonds is 6. The Balaban J connectivity index is 1.49. The number of carboxylic acid groups (broad SMARTS) is 1. The number of fused-ring (bicyclic) bond motifs is 1. The van der Waals surface area contributed by atoms with Gasteiger partial charge >= 0.3 is 5.97 Å². The molecule has 0 fully saturated rings. The van der Waals surface area contributed by atoms with E-state index in [1.165, 1.54) is 12.1 Å². The molecule has 32 heavy (non-hydrogen) atoms. The van der Waals surface area contributed by atoms with Crippen molar-refractivity contribution in [3.8, 4) is 0 Å². The van der Waals surface area contributed by atoms with Crippen molar-refractivity contribution >= 4 is 23.5 Å². The van der Waals surface area contributed by atoms with Crippen molar-refractivity contribution < 1.29 is 19.5 Å². The minimum absolute atomic E-state index is 0.0320. The van der Waals surface area contributed by atoms with Gasteiger partial charge in [-0.2, -0.15) is 0 Å². The number of pyridine rings is 2. The van der Waals surface area contributed by atoms with Crippen LogP contribution in [-0.4, -0.2) is 39.9 Å². The normalized spacial score (nSPS) is 15.2. The second-order valence-electron chi connectivity index (χ2n) is 7.75. The van der Waals surface area contributed by atoms with E-state index in [0.717, 1.165) is 16.7 Å². The lowest BCUT2D eigenvalue weighted by molar-refractivity contribution is -0.122. The highest BCUT2D eigenvalue weighted by Crippen LogP contribution is 2.31. The SMILES string of the molecule is CN1C(=O)C(Cc2ccc(C(=O)O)cc2)Cc2cc(C(=O)NCc3cccnc3)ncc21. The van der Waals surface area contributed by atoms with Crippen LogP contribution in [0.5, 0.6) is 0 Å². The summed E-state index contributed by atoms with van der Waals surface area (Å²) in [5, 5.41) is 11.9. The van der Waals surface area contributed by atoms with Crippen molar-refractivity contribution in [1.82, 2.24) is 15.3 Å². The Morgan fingerprint density at radius 3 is 2.62 bits per heavy atom. The Labute approximate surface area is 184 Å². The molecule has 162 valence electrons. The molecule has 3 heterocycles. The predicted molar refractivity (Wildman–Crippen MR) is 117 cm³/mol. The maximum absolute atomic E-state index is 12.9. The Hall–Kier alpha value is -4.07. The number of carbonyl (C=O) groups is 3. The summed E-state index contributed by atoms with van der Waals surface area (Å²) >= 11 is 0. The molecule has 0 spiro atoms. The van der Waals surface area contributed by atoms with Crippen molar-refractivity contribution in [2.75, 3.05) is 11.9 Å². The zero-order chi connectivity index (χ0) is 22.7. The van der Waals surface area contributed by atoms with Crippen LogP contribution in [0.25, 0.3) is 0 Å². The third-order valence-electron chi connectivity index (χ3n) is 5.56. The summed E-state index contributed by atoms with van der Waals surface area (Å²) < 4.78 is 0. The van der Waals surface area contributed by atoms with E-state index in [4.69, 9.17) is 5.11 Å². The van der Waals surface area contributed by atoms with E-state index in [9.17, 15) is 14.4 Å². The summed E-state index contributed by atoms with van der Waals surface area (Å²) in [4.78, 5) is 46.3. The molecule has 1 aliphatic heterocycles. The number of aromatic nitrogens is 2. The van der Waals surface area contributed by atoms with Gasteiger partial charge < -0.3 is 15.3 Å². The second kappa shape index (κ2) is 8.97. The van der Waals surface area contributed by atoms with E-state index in [1.807, 2.05) is 6.07 Å². The number of carboxylic acids is 1. The third kappa shape index (κ3) is 4.49. The maximum atomic E-state index is 12.9. The number of anilines is 1. The average Bonchev–Trinajstić information content (AvgIpc) is 2.81. The first kappa shape index (κ1) is 21.2. The molecule has 8 nitrogen and oxygen atoms in total. The number of hydrogen-bond donors (Lipinski definition) is 2. The molecule has 1 aromatic carbocycles. The first-order chi connectivity index (χ1) is 15.4. The van der Waals surface area contributed by atoms with E-state index in [2.05, 4.69) is 15.3 Å². The minimum Gasteiger partial charge on any atom is -0.478 e. The van der Waals surface area contributed by atoms with E-state index >= 15 is 0 Å². The number of nitrogens with one attached hydrogen (secondary N) is 1. The van der Waals surface area contributed by atoms with E-state index < -0.39 is 5.97 Å². The molecule has 2 amide bonds. The summed E-state index contributed by atoms with van der Waals surface area (Å²) in [5.41, 5.74) is 3.84. The van der Waals surface area contributed by atoms with Crippen molar-refractivity contribution in [2.24, 2.45) is 5.92 Å². The molecule has 2 N–H and O–H groups in total. The van der Waals surface area contributed by atoms with Crippen LogP contribution < -0.4 is 10.2 Å². The maximum Gasteiger partial charge on any atom is 0.335 e. The van der Waals surface area contributed by atoms with Crippen LogP contribution in [0, 0.1) is 5.92 Å². The number of nitrogens with zero attached hydrogens (tertiary/aromatic N) is 3. The standard InChI is InChI=1S/C24H22N4O4/c1-28-21-14-26-20(22(29)27-13-16-3-2-8-25-12-16)11-18(21)10-19(23(28)30)9-15-4-6-17(7-5-15)24(31)32/h2-8,11-12,14,19H,9-10,13H2,1H3,(H,27,29)(H,31,32). The van der Waals surface area contributed by atoms with Gasteiger partial charge in [0.25, 0.3) is 5.91 Å². The third-order valence-corrected chi connectivity index (χ3v) is 5.56. The average molecular weight is 430 g/mol. The molecule has 0 bridgehead atoms. The highest BCUT2D eigenvalue weighted by atomic mass is 16.4. The van der Waals surface area contributed by atoms with Gasteiger partial charge in [-0.1, -0.05) is 18.2 Å². The number of carbonyl (C=O) groups excluding carboxylic acids is 2. The lowest BCUT2D eigenvalue weighted by Crippen LogP contribution is -2.40. The Bertz CT molecular complexity index is 1160. The molecule has 0 saturated heterocycles. The molecule has 0 saturated carbocycles. The zero-order valence-electron chi connectivity index (χ0n) is 17.5. The summed E-state index contributed by atoms with van der Waals surface area (Å²) in [6, 6.07) is 12.0. The summed E-state index contributed by atoms with van der Waals surface area (Å²) in [5.74, 6) is -1.62. The smallest absolute Gasteiger partial charge is 0.335 e. The first-order valence-electron chi connectivity index (χ1n) is 10.2. The van der Waals surface area contributed by atoms with Gasteiger partial charge in [-0.15, -0.1) is 0 Å². The Morgan fingerprint density at radius 1 is 1.16 bits per heavy atom. The van der Waals surface area contributed by atoms with Gasteiger partial charge in [-0.25, -0.2) is 9.78 Å². The summed E-state index contributed by atoms with van der Waals surface area (Å²) in [7, 11) is 1.70. The van der Waals surface area contributed by atoms with Crippen LogP contribution in [-0.2, 0) is 24.2 Å². The second-order valence-corrected chi connectivity index (χ2v) is 7.75. The quantitative estimate of drug-likeness (QED) is 0.621. The van der Waals surface area contributed by atoms with E-state index in [-0.39, 0.29) is 23.3 Å². The molecule has 1 atom stereocenters. The van der Waals surface area contributed by atoms with Gasteiger partial charge in [-0.05, 0) is 53.8 Å². The molecular weight excluding hydrogens is 408 g/mol. The van der Waals surface area contributed by atoms with Crippen molar-refractivity contribution in [1.29, 1.82) is 0 Å². The lowest BCUT2D eigenvalue weighted by Gasteiger charge is -2.31. The van der Waals surface area contributed by atoms with Crippen LogP contribution >= 0.6 is 0 Å². The highest BCUT2D eigenvalue weighted by molar-refractivity contribution is 5.99. The number of aromatic carboxylic acids is 1. The van der Waals surface area contributed by atoms with Crippen LogP contribution in [0.1, 0.15) is 37.5 Å². The van der Waals surface area contributed by atoms with Crippen molar-refractivity contribution in [3.05, 3.63) is 89.0 Å². The first-order valence-corrected chi connectivity index (χ1v) is 10.2. The number of hydrogen-bond acceptors (Lipinski definition) is 5. The molecule has 1 aliphatic rings. The largest absolute Gasteiger partial charge is 0.478 e. The van der Waals surface area contributed by atoms with Crippen molar-refractivity contribution in [3.63, 3.8) is 0 Å². The monoisotopic (exact) mass is 430 g/mol. The minimum atomic E-state index is -0.985. The summed E-state index contributed by atoms with van der Waals surface area (Å²) in [6.07, 6.45) is 5.88. The molecule has 0 radical (unpaired) electrons. The fraction of sp³-hybridized carbons (Fsp3) is 0.208. The Kier molecular flexibility index (Phi) is 5.93. The lowest BCUT2D eigenvalue weighted by atomic mass is 9.87. The van der Waals surface area contributed by atoms with Gasteiger partial charge in [0, 0.05) is 31.9 Å². The summed E-state index contributed by atoms with van der Waals surface area (Å²) in [6.45, 7) is 0.346. The molecular formula is C24H22N4O4. The van der Waals surface area contributed by atoms with Crippen LogP contribution in [0.2, 0.25) is 0 Å².